The van der Waals surface area contributed by atoms with Crippen molar-refractivity contribution in [2.75, 3.05) is 20.3 Å². The minimum atomic E-state index is -3.60. The molecule has 1 aromatic rings. The number of nitrogens with two attached hydrogens (primary N) is 1. The Morgan fingerprint density at radius 1 is 1.38 bits per heavy atom. The minimum Gasteiger partial charge on any atom is -0.383 e. The van der Waals surface area contributed by atoms with Crippen LogP contribution in [0.4, 0.5) is 0 Å². The first-order valence-corrected chi connectivity index (χ1v) is 9.36. The van der Waals surface area contributed by atoms with Crippen LogP contribution in [0.3, 0.4) is 0 Å². The molecule has 0 aliphatic heterocycles. The number of benzene rings is 1. The molecule has 136 valence electrons. The van der Waals surface area contributed by atoms with Gasteiger partial charge in [0.15, 0.2) is 0 Å². The number of amides is 1. The molecule has 24 heavy (non-hydrogen) atoms. The van der Waals surface area contributed by atoms with Gasteiger partial charge in [0.1, 0.15) is 0 Å². The molecule has 0 radical (unpaired) electrons. The predicted molar refractivity (Wildman–Crippen MR) is 92.9 cm³/mol. The molecule has 0 spiro atoms. The zero-order chi connectivity index (χ0) is 18.2. The molecule has 0 fully saturated rings. The van der Waals surface area contributed by atoms with Gasteiger partial charge in [-0.1, -0.05) is 25.5 Å². The van der Waals surface area contributed by atoms with Crippen LogP contribution in [0.2, 0.25) is 0 Å². The third-order valence-electron chi connectivity index (χ3n) is 3.55. The molecule has 0 aliphatic rings. The van der Waals surface area contributed by atoms with Crippen molar-refractivity contribution in [3.8, 4) is 0 Å². The molecule has 1 unspecified atom stereocenters. The van der Waals surface area contributed by atoms with Crippen LogP contribution in [0.25, 0.3) is 0 Å². The highest BCUT2D eigenvalue weighted by molar-refractivity contribution is 7.89. The van der Waals surface area contributed by atoms with Crippen molar-refractivity contribution in [2.45, 2.75) is 43.7 Å². The molecule has 0 saturated heterocycles. The summed E-state index contributed by atoms with van der Waals surface area (Å²) in [6, 6.07) is 6.43. The van der Waals surface area contributed by atoms with E-state index in [4.69, 9.17) is 10.5 Å². The van der Waals surface area contributed by atoms with Gasteiger partial charge >= 0.3 is 0 Å². The van der Waals surface area contributed by atoms with Crippen molar-refractivity contribution in [3.05, 3.63) is 29.8 Å². The van der Waals surface area contributed by atoms with Crippen LogP contribution in [0, 0.1) is 0 Å². The second kappa shape index (κ2) is 9.12. The summed E-state index contributed by atoms with van der Waals surface area (Å²) in [4.78, 5) is 12.3. The Balaban J connectivity index is 2.74. The zero-order valence-electron chi connectivity index (χ0n) is 14.5. The highest BCUT2D eigenvalue weighted by Gasteiger charge is 2.26. The summed E-state index contributed by atoms with van der Waals surface area (Å²) >= 11 is 0. The molecule has 0 aliphatic carbocycles. The van der Waals surface area contributed by atoms with Crippen LogP contribution in [0.5, 0.6) is 0 Å². The average Bonchev–Trinajstić information content (AvgIpc) is 2.53. The minimum absolute atomic E-state index is 0.148. The summed E-state index contributed by atoms with van der Waals surface area (Å²) in [6.45, 7) is 4.36. The number of carbonyl (C=O) groups is 1. The topological polar surface area (TPSA) is 111 Å². The van der Waals surface area contributed by atoms with Crippen LogP contribution in [0.1, 0.15) is 32.3 Å². The average molecular weight is 357 g/mol. The Hall–Kier alpha value is -1.48. The molecule has 0 bridgehead atoms. The first kappa shape index (κ1) is 20.6. The Morgan fingerprint density at radius 2 is 2.08 bits per heavy atom. The molecule has 1 atom stereocenters. The van der Waals surface area contributed by atoms with Crippen molar-refractivity contribution in [1.29, 1.82) is 0 Å². The number of hydrogen-bond acceptors (Lipinski definition) is 5. The summed E-state index contributed by atoms with van der Waals surface area (Å²) in [6.07, 6.45) is 1.39. The molecule has 0 aromatic heterocycles. The van der Waals surface area contributed by atoms with E-state index in [1.54, 1.807) is 19.1 Å². The summed E-state index contributed by atoms with van der Waals surface area (Å²) in [7, 11) is -2.10. The van der Waals surface area contributed by atoms with E-state index >= 15 is 0 Å². The van der Waals surface area contributed by atoms with E-state index < -0.39 is 15.6 Å². The van der Waals surface area contributed by atoms with Crippen LogP contribution < -0.4 is 15.8 Å². The molecule has 1 amide bonds. The van der Waals surface area contributed by atoms with Gasteiger partial charge in [0.05, 0.1) is 17.0 Å². The van der Waals surface area contributed by atoms with E-state index in [9.17, 15) is 13.2 Å². The summed E-state index contributed by atoms with van der Waals surface area (Å²) < 4.78 is 31.6. The first-order chi connectivity index (χ1) is 11.2. The van der Waals surface area contributed by atoms with E-state index in [1.807, 2.05) is 6.92 Å². The van der Waals surface area contributed by atoms with E-state index in [1.165, 1.54) is 19.2 Å². The second-order valence-corrected chi connectivity index (χ2v) is 7.66. The quantitative estimate of drug-likeness (QED) is 0.535. The summed E-state index contributed by atoms with van der Waals surface area (Å²) in [5.74, 6) is -0.254. The van der Waals surface area contributed by atoms with Gasteiger partial charge in [0.25, 0.3) is 0 Å². The SMILES string of the molecule is CCCC(C)(N)C(=O)NCc1cccc(S(=O)(=O)NCCOC)c1. The van der Waals surface area contributed by atoms with Crippen LogP contribution >= 0.6 is 0 Å². The maximum Gasteiger partial charge on any atom is 0.240 e. The fourth-order valence-electron chi connectivity index (χ4n) is 2.20. The van der Waals surface area contributed by atoms with Crippen LogP contribution in [-0.2, 0) is 26.1 Å². The molecular weight excluding hydrogens is 330 g/mol. The van der Waals surface area contributed by atoms with Crippen LogP contribution in [-0.4, -0.2) is 40.1 Å². The highest BCUT2D eigenvalue weighted by atomic mass is 32.2. The van der Waals surface area contributed by atoms with Crippen molar-refractivity contribution in [1.82, 2.24) is 10.0 Å². The van der Waals surface area contributed by atoms with Gasteiger partial charge in [0, 0.05) is 20.2 Å². The Labute approximate surface area is 144 Å². The molecular formula is C16H27N3O4S. The first-order valence-electron chi connectivity index (χ1n) is 7.87. The van der Waals surface area contributed by atoms with Gasteiger partial charge in [-0.05, 0) is 31.0 Å². The van der Waals surface area contributed by atoms with Gasteiger partial charge in [-0.15, -0.1) is 0 Å². The molecule has 0 saturated carbocycles. The van der Waals surface area contributed by atoms with Gasteiger partial charge in [-0.25, -0.2) is 13.1 Å². The number of hydrogen-bond donors (Lipinski definition) is 3. The summed E-state index contributed by atoms with van der Waals surface area (Å²) in [5.41, 5.74) is 5.73. The van der Waals surface area contributed by atoms with E-state index in [0.29, 0.717) is 18.6 Å². The lowest BCUT2D eigenvalue weighted by atomic mass is 9.96. The van der Waals surface area contributed by atoms with E-state index in [2.05, 4.69) is 10.0 Å². The molecule has 1 aromatic carbocycles. The van der Waals surface area contributed by atoms with Gasteiger partial charge < -0.3 is 15.8 Å². The molecule has 0 heterocycles. The maximum atomic E-state index is 12.2. The fraction of sp³-hybridized carbons (Fsp3) is 0.562. The third-order valence-corrected chi connectivity index (χ3v) is 5.01. The monoisotopic (exact) mass is 357 g/mol. The normalized spacial score (nSPS) is 14.2. The van der Waals surface area contributed by atoms with Crippen LogP contribution in [0.15, 0.2) is 29.2 Å². The van der Waals surface area contributed by atoms with Crippen molar-refractivity contribution in [3.63, 3.8) is 0 Å². The fourth-order valence-corrected chi connectivity index (χ4v) is 3.28. The zero-order valence-corrected chi connectivity index (χ0v) is 15.3. The standard InChI is InChI=1S/C16H27N3O4S/c1-4-8-16(2,17)15(20)18-12-13-6-5-7-14(11-13)24(21,22)19-9-10-23-3/h5-7,11,19H,4,8-10,12,17H2,1-3H3,(H,18,20). The second-order valence-electron chi connectivity index (χ2n) is 5.89. The third kappa shape index (κ3) is 6.20. The summed E-state index contributed by atoms with van der Waals surface area (Å²) in [5, 5.41) is 2.76. The van der Waals surface area contributed by atoms with Gasteiger partial charge in [-0.3, -0.25) is 4.79 Å². The van der Waals surface area contributed by atoms with E-state index in [-0.39, 0.29) is 23.9 Å². The van der Waals surface area contributed by atoms with Crippen molar-refractivity contribution in [2.24, 2.45) is 5.73 Å². The molecule has 8 heteroatoms. The Kier molecular flexibility index (Phi) is 7.82. The highest BCUT2D eigenvalue weighted by Crippen LogP contribution is 2.13. The number of ether oxygens (including phenoxy) is 1. The van der Waals surface area contributed by atoms with Gasteiger partial charge in [-0.2, -0.15) is 0 Å². The maximum absolute atomic E-state index is 12.2. The lowest BCUT2D eigenvalue weighted by Crippen LogP contribution is -2.51. The lowest BCUT2D eigenvalue weighted by Gasteiger charge is -2.22. The van der Waals surface area contributed by atoms with Crippen molar-refractivity contribution < 1.29 is 17.9 Å². The number of carbonyl (C=O) groups excluding carboxylic acids is 1. The Bertz CT molecular complexity index is 644. The van der Waals surface area contributed by atoms with E-state index in [0.717, 1.165) is 6.42 Å². The predicted octanol–water partition coefficient (Wildman–Crippen LogP) is 0.745. The number of methoxy groups -OCH3 is 1. The number of rotatable bonds is 10. The molecule has 1 rings (SSSR count). The number of nitrogens with one attached hydrogen (secondary N) is 2. The Morgan fingerprint density at radius 3 is 2.71 bits per heavy atom. The number of sulfonamides is 1. The molecule has 7 nitrogen and oxygen atoms in total. The van der Waals surface area contributed by atoms with Crippen molar-refractivity contribution >= 4 is 15.9 Å². The molecule has 4 N–H and O–H groups in total. The smallest absolute Gasteiger partial charge is 0.240 e. The lowest BCUT2D eigenvalue weighted by molar-refractivity contribution is -0.126. The largest absolute Gasteiger partial charge is 0.383 e. The van der Waals surface area contributed by atoms with Gasteiger partial charge in [0.2, 0.25) is 15.9 Å².